The van der Waals surface area contributed by atoms with Crippen LogP contribution in [0.3, 0.4) is 0 Å². The standard InChI is InChI=1S/C16H21N3O2/c1-12-10-14(20)18-16(7-3-4-8-16)15(21)19(12)11-13-6-2-5-9-17-13/h2,5-6,9,12H,3-4,7-8,10-11H2,1H3,(H,18,20). The van der Waals surface area contributed by atoms with Gasteiger partial charge in [0.1, 0.15) is 5.54 Å². The minimum Gasteiger partial charge on any atom is -0.342 e. The second-order valence-corrected chi connectivity index (χ2v) is 6.14. The normalized spacial score (nSPS) is 25.0. The van der Waals surface area contributed by atoms with E-state index in [0.717, 1.165) is 31.4 Å². The van der Waals surface area contributed by atoms with Crippen molar-refractivity contribution in [3.63, 3.8) is 0 Å². The molecule has 1 saturated heterocycles. The number of nitrogens with one attached hydrogen (secondary N) is 1. The molecule has 1 atom stereocenters. The summed E-state index contributed by atoms with van der Waals surface area (Å²) in [4.78, 5) is 31.2. The average Bonchev–Trinajstić information content (AvgIpc) is 2.91. The summed E-state index contributed by atoms with van der Waals surface area (Å²) in [6, 6.07) is 5.60. The topological polar surface area (TPSA) is 62.3 Å². The van der Waals surface area contributed by atoms with Gasteiger partial charge in [-0.15, -0.1) is 0 Å². The van der Waals surface area contributed by atoms with Gasteiger partial charge in [0.05, 0.1) is 12.2 Å². The SMILES string of the molecule is CC1CC(=O)NC2(CCCC2)C(=O)N1Cc1ccccn1. The third-order valence-corrected chi connectivity index (χ3v) is 4.58. The predicted octanol–water partition coefficient (Wildman–Crippen LogP) is 1.63. The minimum absolute atomic E-state index is 0.0127. The fourth-order valence-corrected chi connectivity index (χ4v) is 3.44. The smallest absolute Gasteiger partial charge is 0.248 e. The molecule has 21 heavy (non-hydrogen) atoms. The van der Waals surface area contributed by atoms with E-state index in [4.69, 9.17) is 0 Å². The molecule has 2 heterocycles. The monoisotopic (exact) mass is 287 g/mol. The summed E-state index contributed by atoms with van der Waals surface area (Å²) in [6.07, 6.45) is 5.60. The van der Waals surface area contributed by atoms with Crippen LogP contribution in [-0.2, 0) is 16.1 Å². The molecular weight excluding hydrogens is 266 g/mol. The van der Waals surface area contributed by atoms with Crippen LogP contribution in [0.1, 0.15) is 44.7 Å². The zero-order valence-electron chi connectivity index (χ0n) is 12.3. The predicted molar refractivity (Wildman–Crippen MR) is 78.2 cm³/mol. The largest absolute Gasteiger partial charge is 0.342 e. The molecule has 0 aromatic carbocycles. The lowest BCUT2D eigenvalue weighted by Gasteiger charge is -2.33. The summed E-state index contributed by atoms with van der Waals surface area (Å²) >= 11 is 0. The Morgan fingerprint density at radius 2 is 2.10 bits per heavy atom. The number of aromatic nitrogens is 1. The highest BCUT2D eigenvalue weighted by atomic mass is 16.2. The number of amides is 2. The van der Waals surface area contributed by atoms with Gasteiger partial charge in [0.2, 0.25) is 11.8 Å². The molecule has 1 spiro atoms. The van der Waals surface area contributed by atoms with Crippen LogP contribution in [0.25, 0.3) is 0 Å². The van der Waals surface area contributed by atoms with Gasteiger partial charge in [0.25, 0.3) is 0 Å². The van der Waals surface area contributed by atoms with Gasteiger partial charge in [-0.05, 0) is 31.9 Å². The van der Waals surface area contributed by atoms with Crippen LogP contribution in [0.5, 0.6) is 0 Å². The Morgan fingerprint density at radius 1 is 1.33 bits per heavy atom. The highest BCUT2D eigenvalue weighted by Crippen LogP contribution is 2.34. The second kappa shape index (κ2) is 5.47. The molecule has 1 aliphatic heterocycles. The molecule has 5 heteroatoms. The van der Waals surface area contributed by atoms with Crippen molar-refractivity contribution >= 4 is 11.8 Å². The molecule has 5 nitrogen and oxygen atoms in total. The number of rotatable bonds is 2. The number of carbonyl (C=O) groups excluding carboxylic acids is 2. The molecule has 1 N–H and O–H groups in total. The first-order chi connectivity index (χ1) is 10.1. The van der Waals surface area contributed by atoms with Crippen LogP contribution in [-0.4, -0.2) is 33.3 Å². The zero-order valence-corrected chi connectivity index (χ0v) is 12.3. The quantitative estimate of drug-likeness (QED) is 0.899. The number of pyridine rings is 1. The van der Waals surface area contributed by atoms with Gasteiger partial charge in [0.15, 0.2) is 0 Å². The van der Waals surface area contributed by atoms with Crippen molar-refractivity contribution in [3.05, 3.63) is 30.1 Å². The van der Waals surface area contributed by atoms with E-state index >= 15 is 0 Å². The highest BCUT2D eigenvalue weighted by Gasteiger charge is 2.47. The third-order valence-electron chi connectivity index (χ3n) is 4.58. The maximum atomic E-state index is 13.0. The molecular formula is C16H21N3O2. The molecule has 1 unspecified atom stereocenters. The summed E-state index contributed by atoms with van der Waals surface area (Å²) in [6.45, 7) is 2.41. The first-order valence-electron chi connectivity index (χ1n) is 7.63. The molecule has 1 aromatic heterocycles. The first-order valence-corrected chi connectivity index (χ1v) is 7.63. The van der Waals surface area contributed by atoms with E-state index in [0.29, 0.717) is 13.0 Å². The van der Waals surface area contributed by atoms with Crippen molar-refractivity contribution in [2.75, 3.05) is 0 Å². The summed E-state index contributed by atoms with van der Waals surface area (Å²) in [7, 11) is 0. The van der Waals surface area contributed by atoms with Crippen molar-refractivity contribution in [1.29, 1.82) is 0 Å². The maximum Gasteiger partial charge on any atom is 0.248 e. The Morgan fingerprint density at radius 3 is 2.76 bits per heavy atom. The van der Waals surface area contributed by atoms with Crippen molar-refractivity contribution in [1.82, 2.24) is 15.2 Å². The van der Waals surface area contributed by atoms with Gasteiger partial charge in [-0.3, -0.25) is 14.6 Å². The Labute approximate surface area is 124 Å². The second-order valence-electron chi connectivity index (χ2n) is 6.14. The van der Waals surface area contributed by atoms with Crippen LogP contribution in [0.4, 0.5) is 0 Å². The molecule has 1 aliphatic carbocycles. The van der Waals surface area contributed by atoms with Crippen molar-refractivity contribution in [2.45, 2.75) is 57.2 Å². The van der Waals surface area contributed by atoms with E-state index in [1.54, 1.807) is 6.20 Å². The lowest BCUT2D eigenvalue weighted by Crippen LogP contribution is -2.55. The Kier molecular flexibility index (Phi) is 3.66. The van der Waals surface area contributed by atoms with E-state index in [2.05, 4.69) is 10.3 Å². The van der Waals surface area contributed by atoms with Crippen molar-refractivity contribution < 1.29 is 9.59 Å². The fraction of sp³-hybridized carbons (Fsp3) is 0.562. The van der Waals surface area contributed by atoms with Gasteiger partial charge >= 0.3 is 0 Å². The summed E-state index contributed by atoms with van der Waals surface area (Å²) in [5.74, 6) is 0.0465. The molecule has 2 fully saturated rings. The molecule has 1 saturated carbocycles. The molecule has 112 valence electrons. The molecule has 3 rings (SSSR count). The summed E-state index contributed by atoms with van der Waals surface area (Å²) < 4.78 is 0. The zero-order chi connectivity index (χ0) is 14.9. The van der Waals surface area contributed by atoms with Crippen molar-refractivity contribution in [3.8, 4) is 0 Å². The average molecular weight is 287 g/mol. The Bertz CT molecular complexity index is 538. The molecule has 0 bridgehead atoms. The molecule has 2 aliphatic rings. The molecule has 0 radical (unpaired) electrons. The first kappa shape index (κ1) is 14.0. The van der Waals surface area contributed by atoms with E-state index < -0.39 is 5.54 Å². The number of hydrogen-bond acceptors (Lipinski definition) is 3. The van der Waals surface area contributed by atoms with Crippen LogP contribution >= 0.6 is 0 Å². The van der Waals surface area contributed by atoms with Crippen LogP contribution in [0.15, 0.2) is 24.4 Å². The van der Waals surface area contributed by atoms with E-state index in [-0.39, 0.29) is 17.9 Å². The molecule has 2 amide bonds. The van der Waals surface area contributed by atoms with Gasteiger partial charge in [-0.1, -0.05) is 18.9 Å². The van der Waals surface area contributed by atoms with Gasteiger partial charge in [0, 0.05) is 18.7 Å². The lowest BCUT2D eigenvalue weighted by atomic mass is 9.95. The minimum atomic E-state index is -0.670. The van der Waals surface area contributed by atoms with Crippen LogP contribution in [0, 0.1) is 0 Å². The van der Waals surface area contributed by atoms with Crippen LogP contribution < -0.4 is 5.32 Å². The van der Waals surface area contributed by atoms with Gasteiger partial charge in [-0.2, -0.15) is 0 Å². The van der Waals surface area contributed by atoms with E-state index in [1.165, 1.54) is 0 Å². The number of carbonyl (C=O) groups is 2. The lowest BCUT2D eigenvalue weighted by molar-refractivity contribution is -0.140. The third kappa shape index (κ3) is 2.64. The fourth-order valence-electron chi connectivity index (χ4n) is 3.44. The highest BCUT2D eigenvalue weighted by molar-refractivity contribution is 5.94. The van der Waals surface area contributed by atoms with Gasteiger partial charge in [-0.25, -0.2) is 0 Å². The van der Waals surface area contributed by atoms with Crippen LogP contribution in [0.2, 0.25) is 0 Å². The number of nitrogens with zero attached hydrogens (tertiary/aromatic N) is 2. The molecule has 1 aromatic rings. The van der Waals surface area contributed by atoms with E-state index in [9.17, 15) is 9.59 Å². The Hall–Kier alpha value is -1.91. The Balaban J connectivity index is 1.89. The summed E-state index contributed by atoms with van der Waals surface area (Å²) in [5, 5.41) is 3.00. The van der Waals surface area contributed by atoms with Gasteiger partial charge < -0.3 is 10.2 Å². The summed E-state index contributed by atoms with van der Waals surface area (Å²) in [5.41, 5.74) is 0.191. The number of hydrogen-bond donors (Lipinski definition) is 1. The van der Waals surface area contributed by atoms with Crippen molar-refractivity contribution in [2.24, 2.45) is 0 Å². The van der Waals surface area contributed by atoms with E-state index in [1.807, 2.05) is 30.0 Å². The maximum absolute atomic E-state index is 13.0.